The van der Waals surface area contributed by atoms with E-state index in [1.54, 1.807) is 11.4 Å². The average molecular weight is 473 g/mol. The summed E-state index contributed by atoms with van der Waals surface area (Å²) >= 11 is 4.71. The van der Waals surface area contributed by atoms with Crippen LogP contribution < -0.4 is 10.6 Å². The zero-order valence-corrected chi connectivity index (χ0v) is 19.7. The molecule has 1 fully saturated rings. The molecule has 9 heteroatoms. The van der Waals surface area contributed by atoms with Gasteiger partial charge in [-0.1, -0.05) is 18.2 Å². The molecule has 1 saturated heterocycles. The molecule has 0 bridgehead atoms. The highest BCUT2D eigenvalue weighted by atomic mass is 32.2. The van der Waals surface area contributed by atoms with Crippen molar-refractivity contribution in [2.24, 2.45) is 0 Å². The van der Waals surface area contributed by atoms with E-state index in [0.717, 1.165) is 30.9 Å². The van der Waals surface area contributed by atoms with Gasteiger partial charge in [-0.05, 0) is 35.6 Å². The lowest BCUT2D eigenvalue weighted by Gasteiger charge is -2.26. The summed E-state index contributed by atoms with van der Waals surface area (Å²) in [4.78, 5) is 32.1. The standard InChI is InChI=1S/C22H24N4O2S3/c1-15-11-16(13-26-6-9-29-10-7-26)4-5-18(15)24-20(27)12-17-14-31-22(23-17)25-21(28)19-3-2-8-30-19/h2-5,8,11,14H,6-7,9-10,12-13H2,1H3,(H,24,27)(H,23,25,28). The third-order valence-corrected chi connectivity index (χ3v) is 7.55. The highest BCUT2D eigenvalue weighted by Gasteiger charge is 2.14. The fourth-order valence-corrected chi connectivity index (χ4v) is 5.66. The van der Waals surface area contributed by atoms with Crippen LogP contribution in [0.5, 0.6) is 0 Å². The lowest BCUT2D eigenvalue weighted by molar-refractivity contribution is -0.115. The van der Waals surface area contributed by atoms with Crippen LogP contribution in [0.1, 0.15) is 26.5 Å². The molecular weight excluding hydrogens is 448 g/mol. The first-order valence-corrected chi connectivity index (χ1v) is 13.0. The van der Waals surface area contributed by atoms with Crippen molar-refractivity contribution in [3.63, 3.8) is 0 Å². The van der Waals surface area contributed by atoms with Gasteiger partial charge in [-0.25, -0.2) is 4.98 Å². The first-order valence-electron chi connectivity index (χ1n) is 10.1. The van der Waals surface area contributed by atoms with Gasteiger partial charge in [-0.3, -0.25) is 19.8 Å². The van der Waals surface area contributed by atoms with Crippen molar-refractivity contribution in [3.05, 3.63) is 62.8 Å². The molecule has 0 atom stereocenters. The monoisotopic (exact) mass is 472 g/mol. The lowest BCUT2D eigenvalue weighted by atomic mass is 10.1. The third-order valence-electron chi connectivity index (χ3n) is 4.93. The molecule has 0 saturated carbocycles. The molecule has 2 N–H and O–H groups in total. The maximum atomic E-state index is 12.5. The summed E-state index contributed by atoms with van der Waals surface area (Å²) in [6.07, 6.45) is 0.165. The molecule has 6 nitrogen and oxygen atoms in total. The number of aromatic nitrogens is 1. The van der Waals surface area contributed by atoms with Gasteiger partial charge in [0.05, 0.1) is 17.0 Å². The minimum absolute atomic E-state index is 0.120. The second-order valence-corrected chi connectivity index (χ2v) is 10.4. The quantitative estimate of drug-likeness (QED) is 0.530. The van der Waals surface area contributed by atoms with Gasteiger partial charge in [0, 0.05) is 42.2 Å². The predicted octanol–water partition coefficient (Wildman–Crippen LogP) is 4.50. The molecule has 2 amide bonds. The third kappa shape index (κ3) is 6.16. The Kier molecular flexibility index (Phi) is 7.39. The van der Waals surface area contributed by atoms with Crippen molar-refractivity contribution >= 4 is 57.1 Å². The van der Waals surface area contributed by atoms with E-state index in [0.29, 0.717) is 15.7 Å². The van der Waals surface area contributed by atoms with Crippen molar-refractivity contribution in [1.82, 2.24) is 9.88 Å². The number of anilines is 2. The number of nitrogens with one attached hydrogen (secondary N) is 2. The van der Waals surface area contributed by atoms with Crippen LogP contribution in [0.4, 0.5) is 10.8 Å². The summed E-state index contributed by atoms with van der Waals surface area (Å²) < 4.78 is 0. The Morgan fingerprint density at radius 3 is 2.71 bits per heavy atom. The maximum absolute atomic E-state index is 12.5. The SMILES string of the molecule is Cc1cc(CN2CCSCC2)ccc1NC(=O)Cc1csc(NC(=O)c2cccs2)n1. The van der Waals surface area contributed by atoms with E-state index in [1.165, 1.54) is 39.7 Å². The molecule has 0 aliphatic carbocycles. The van der Waals surface area contributed by atoms with E-state index < -0.39 is 0 Å². The van der Waals surface area contributed by atoms with Crippen molar-refractivity contribution in [3.8, 4) is 0 Å². The van der Waals surface area contributed by atoms with Crippen LogP contribution >= 0.6 is 34.4 Å². The number of amides is 2. The van der Waals surface area contributed by atoms with Crippen LogP contribution in [0.25, 0.3) is 0 Å². The number of carbonyl (C=O) groups is 2. The first-order chi connectivity index (χ1) is 15.1. The number of thiophene rings is 1. The molecule has 2 aromatic heterocycles. The van der Waals surface area contributed by atoms with Crippen molar-refractivity contribution in [1.29, 1.82) is 0 Å². The fourth-order valence-electron chi connectivity index (χ4n) is 3.35. The van der Waals surface area contributed by atoms with Crippen molar-refractivity contribution < 1.29 is 9.59 Å². The number of carbonyl (C=O) groups excluding carboxylic acids is 2. The van der Waals surface area contributed by atoms with E-state index in [4.69, 9.17) is 0 Å². The number of aryl methyl sites for hydroxylation is 1. The average Bonchev–Trinajstić information content (AvgIpc) is 3.43. The van der Waals surface area contributed by atoms with Gasteiger partial charge in [0.2, 0.25) is 5.91 Å². The summed E-state index contributed by atoms with van der Waals surface area (Å²) in [7, 11) is 0. The summed E-state index contributed by atoms with van der Waals surface area (Å²) in [6.45, 7) is 5.23. The molecular formula is C22H24N4O2S3. The second-order valence-electron chi connectivity index (χ2n) is 7.34. The topological polar surface area (TPSA) is 74.3 Å². The number of nitrogens with zero attached hydrogens (tertiary/aromatic N) is 2. The van der Waals surface area contributed by atoms with Crippen LogP contribution in [-0.4, -0.2) is 46.3 Å². The van der Waals surface area contributed by atoms with Crippen LogP contribution in [0.15, 0.2) is 41.1 Å². The molecule has 3 aromatic rings. The highest BCUT2D eigenvalue weighted by Crippen LogP contribution is 2.21. The zero-order valence-electron chi connectivity index (χ0n) is 17.2. The Morgan fingerprint density at radius 2 is 1.97 bits per heavy atom. The van der Waals surface area contributed by atoms with Crippen molar-refractivity contribution in [2.75, 3.05) is 35.2 Å². The Balaban J connectivity index is 1.30. The van der Waals surface area contributed by atoms with Crippen molar-refractivity contribution in [2.45, 2.75) is 19.9 Å². The lowest BCUT2D eigenvalue weighted by Crippen LogP contribution is -2.31. The van der Waals surface area contributed by atoms with Gasteiger partial charge < -0.3 is 5.32 Å². The minimum Gasteiger partial charge on any atom is -0.326 e. The molecule has 1 aromatic carbocycles. The number of benzene rings is 1. The van der Waals surface area contributed by atoms with Gasteiger partial charge in [0.25, 0.3) is 5.91 Å². The second kappa shape index (κ2) is 10.4. The van der Waals surface area contributed by atoms with E-state index in [2.05, 4.69) is 32.7 Å². The summed E-state index contributed by atoms with van der Waals surface area (Å²) in [6, 6.07) is 9.82. The Morgan fingerprint density at radius 1 is 1.13 bits per heavy atom. The molecule has 0 radical (unpaired) electrons. The Bertz CT molecular complexity index is 1040. The fraction of sp³-hybridized carbons (Fsp3) is 0.318. The zero-order chi connectivity index (χ0) is 21.6. The van der Waals surface area contributed by atoms with E-state index >= 15 is 0 Å². The van der Waals surface area contributed by atoms with Crippen LogP contribution in [0.3, 0.4) is 0 Å². The van der Waals surface area contributed by atoms with Crippen LogP contribution in [0.2, 0.25) is 0 Å². The summed E-state index contributed by atoms with van der Waals surface area (Å²) in [5.74, 6) is 2.09. The summed E-state index contributed by atoms with van der Waals surface area (Å²) in [5.41, 5.74) is 3.79. The number of hydrogen-bond donors (Lipinski definition) is 2. The number of rotatable bonds is 7. The van der Waals surface area contributed by atoms with E-state index in [-0.39, 0.29) is 18.2 Å². The van der Waals surface area contributed by atoms with Gasteiger partial charge in [-0.2, -0.15) is 11.8 Å². The highest BCUT2D eigenvalue weighted by molar-refractivity contribution is 7.99. The van der Waals surface area contributed by atoms with Crippen LogP contribution in [0, 0.1) is 6.92 Å². The number of thioether (sulfide) groups is 1. The molecule has 3 heterocycles. The largest absolute Gasteiger partial charge is 0.326 e. The number of thiazole rings is 1. The van der Waals surface area contributed by atoms with E-state index in [9.17, 15) is 9.59 Å². The van der Waals surface area contributed by atoms with Gasteiger partial charge in [-0.15, -0.1) is 22.7 Å². The normalized spacial score (nSPS) is 14.4. The van der Waals surface area contributed by atoms with E-state index in [1.807, 2.05) is 36.2 Å². The molecule has 1 aliphatic heterocycles. The molecule has 0 spiro atoms. The molecule has 0 unspecified atom stereocenters. The Hall–Kier alpha value is -2.20. The minimum atomic E-state index is -0.181. The number of hydrogen-bond acceptors (Lipinski definition) is 7. The molecule has 1 aliphatic rings. The maximum Gasteiger partial charge on any atom is 0.267 e. The van der Waals surface area contributed by atoms with Gasteiger partial charge >= 0.3 is 0 Å². The van der Waals surface area contributed by atoms with Gasteiger partial charge in [0.15, 0.2) is 5.13 Å². The smallest absolute Gasteiger partial charge is 0.267 e. The molecule has 162 valence electrons. The Labute approximate surface area is 194 Å². The molecule has 4 rings (SSSR count). The predicted molar refractivity (Wildman–Crippen MR) is 131 cm³/mol. The van der Waals surface area contributed by atoms with Gasteiger partial charge in [0.1, 0.15) is 0 Å². The molecule has 31 heavy (non-hydrogen) atoms. The van der Waals surface area contributed by atoms with Crippen LogP contribution in [-0.2, 0) is 17.8 Å². The first kappa shape index (κ1) is 22.0. The summed E-state index contributed by atoms with van der Waals surface area (Å²) in [5, 5.41) is 9.92.